The fraction of sp³-hybridized carbons (Fsp3) is 0.500. The number of fused-ring (bicyclic) bond motifs is 1. The predicted molar refractivity (Wildman–Crippen MR) is 104 cm³/mol. The minimum Gasteiger partial charge on any atom is -0.303 e. The Morgan fingerprint density at radius 1 is 1.15 bits per heavy atom. The number of amides is 2. The van der Waals surface area contributed by atoms with Crippen LogP contribution in [-0.4, -0.2) is 16.4 Å². The Hall–Kier alpha value is -1.93. The van der Waals surface area contributed by atoms with Gasteiger partial charge in [-0.05, 0) is 44.2 Å². The Morgan fingerprint density at radius 2 is 1.92 bits per heavy atom. The molecule has 1 aliphatic carbocycles. The first-order valence-electron chi connectivity index (χ1n) is 8.90. The van der Waals surface area contributed by atoms with Crippen molar-refractivity contribution >= 4 is 34.5 Å². The number of hydrogen-bond acceptors (Lipinski definition) is 5. The molecular formula is C18H23N3O3S2. The fourth-order valence-corrected chi connectivity index (χ4v) is 5.00. The first-order valence-corrected chi connectivity index (χ1v) is 10.6. The van der Waals surface area contributed by atoms with E-state index in [0.717, 1.165) is 29.9 Å². The minimum atomic E-state index is -0.314. The van der Waals surface area contributed by atoms with Crippen LogP contribution in [0.1, 0.15) is 57.9 Å². The van der Waals surface area contributed by atoms with Crippen LogP contribution < -0.4 is 15.7 Å². The summed E-state index contributed by atoms with van der Waals surface area (Å²) in [5, 5.41) is 1.77. The highest BCUT2D eigenvalue weighted by Crippen LogP contribution is 2.28. The molecular weight excluding hydrogens is 370 g/mol. The van der Waals surface area contributed by atoms with Crippen molar-refractivity contribution in [1.82, 2.24) is 15.4 Å². The van der Waals surface area contributed by atoms with E-state index in [-0.39, 0.29) is 23.1 Å². The third-order valence-electron chi connectivity index (χ3n) is 4.57. The van der Waals surface area contributed by atoms with E-state index in [1.54, 1.807) is 9.95 Å². The van der Waals surface area contributed by atoms with Gasteiger partial charge in [0.05, 0.1) is 4.88 Å². The molecule has 6 nitrogen and oxygen atoms in total. The van der Waals surface area contributed by atoms with Gasteiger partial charge in [-0.1, -0.05) is 24.2 Å². The Kier molecular flexibility index (Phi) is 6.26. The molecule has 0 aromatic carbocycles. The molecule has 0 unspecified atom stereocenters. The molecule has 2 heterocycles. The standard InChI is InChI=1S/C18H23N3O3S2/c1-12-11-25-18(24)21(12)9-8-16(22)19-20-17(23)15-10-13-6-4-2-3-5-7-14(13)26-15/h10-11H,2-9H2,1H3,(H,19,22)(H,20,23). The van der Waals surface area contributed by atoms with Crippen LogP contribution in [0.3, 0.4) is 0 Å². The minimum absolute atomic E-state index is 0.0738. The topological polar surface area (TPSA) is 80.2 Å². The highest BCUT2D eigenvalue weighted by Gasteiger charge is 2.16. The zero-order valence-corrected chi connectivity index (χ0v) is 16.4. The number of nitrogens with zero attached hydrogens (tertiary/aromatic N) is 1. The van der Waals surface area contributed by atoms with E-state index in [0.29, 0.717) is 11.4 Å². The van der Waals surface area contributed by atoms with Crippen molar-refractivity contribution in [1.29, 1.82) is 0 Å². The van der Waals surface area contributed by atoms with E-state index in [2.05, 4.69) is 10.9 Å². The summed E-state index contributed by atoms with van der Waals surface area (Å²) in [6, 6.07) is 1.96. The summed E-state index contributed by atoms with van der Waals surface area (Å²) in [6.45, 7) is 2.14. The van der Waals surface area contributed by atoms with Crippen molar-refractivity contribution < 1.29 is 9.59 Å². The van der Waals surface area contributed by atoms with Crippen molar-refractivity contribution in [3.63, 3.8) is 0 Å². The van der Waals surface area contributed by atoms with Gasteiger partial charge in [-0.3, -0.25) is 25.2 Å². The summed E-state index contributed by atoms with van der Waals surface area (Å²) in [5.41, 5.74) is 7.05. The molecule has 1 aliphatic rings. The van der Waals surface area contributed by atoms with Crippen molar-refractivity contribution in [3.05, 3.63) is 42.1 Å². The molecule has 0 saturated heterocycles. The zero-order valence-electron chi connectivity index (χ0n) is 14.8. The molecule has 0 aliphatic heterocycles. The zero-order chi connectivity index (χ0) is 18.5. The first kappa shape index (κ1) is 18.8. The number of nitrogens with one attached hydrogen (secondary N) is 2. The first-order chi connectivity index (χ1) is 12.5. The highest BCUT2D eigenvalue weighted by atomic mass is 32.1. The maximum absolute atomic E-state index is 12.3. The largest absolute Gasteiger partial charge is 0.307 e. The van der Waals surface area contributed by atoms with Crippen LogP contribution in [0.25, 0.3) is 0 Å². The molecule has 2 N–H and O–H groups in total. The second kappa shape index (κ2) is 8.64. The average molecular weight is 394 g/mol. The number of hydrazine groups is 1. The van der Waals surface area contributed by atoms with Crippen LogP contribution in [0.4, 0.5) is 0 Å². The molecule has 0 radical (unpaired) electrons. The van der Waals surface area contributed by atoms with Crippen LogP contribution in [0.5, 0.6) is 0 Å². The molecule has 26 heavy (non-hydrogen) atoms. The monoisotopic (exact) mass is 393 g/mol. The van der Waals surface area contributed by atoms with Gasteiger partial charge in [0.15, 0.2) is 0 Å². The smallest absolute Gasteiger partial charge is 0.303 e. The van der Waals surface area contributed by atoms with E-state index < -0.39 is 0 Å². The lowest BCUT2D eigenvalue weighted by atomic mass is 10.00. The Morgan fingerprint density at radius 3 is 2.65 bits per heavy atom. The predicted octanol–water partition coefficient (Wildman–Crippen LogP) is 2.79. The van der Waals surface area contributed by atoms with Gasteiger partial charge < -0.3 is 4.57 Å². The van der Waals surface area contributed by atoms with Gasteiger partial charge in [-0.15, -0.1) is 11.3 Å². The third kappa shape index (κ3) is 4.62. The van der Waals surface area contributed by atoms with Gasteiger partial charge in [0.25, 0.3) is 5.91 Å². The molecule has 3 rings (SSSR count). The average Bonchev–Trinajstić information content (AvgIpc) is 3.14. The quantitative estimate of drug-likeness (QED) is 0.784. The van der Waals surface area contributed by atoms with Gasteiger partial charge in [0, 0.05) is 28.9 Å². The number of aromatic nitrogens is 1. The Balaban J connectivity index is 1.51. The lowest BCUT2D eigenvalue weighted by molar-refractivity contribution is -0.122. The van der Waals surface area contributed by atoms with Crippen molar-refractivity contribution in [3.8, 4) is 0 Å². The number of thiazole rings is 1. The molecule has 2 amide bonds. The third-order valence-corrected chi connectivity index (χ3v) is 6.69. The SMILES string of the molecule is Cc1csc(=O)n1CCC(=O)NNC(=O)c1cc2c(s1)CCCCCC2. The van der Waals surface area contributed by atoms with E-state index >= 15 is 0 Å². The summed E-state index contributed by atoms with van der Waals surface area (Å²) in [4.78, 5) is 37.8. The molecule has 2 aromatic rings. The fourth-order valence-electron chi connectivity index (χ4n) is 3.09. The van der Waals surface area contributed by atoms with E-state index in [1.165, 1.54) is 47.5 Å². The van der Waals surface area contributed by atoms with Gasteiger partial charge in [0.1, 0.15) is 0 Å². The van der Waals surface area contributed by atoms with E-state index in [1.807, 2.05) is 13.0 Å². The van der Waals surface area contributed by atoms with E-state index in [4.69, 9.17) is 0 Å². The van der Waals surface area contributed by atoms with Gasteiger partial charge >= 0.3 is 4.87 Å². The van der Waals surface area contributed by atoms with Crippen LogP contribution in [0, 0.1) is 6.92 Å². The summed E-state index contributed by atoms with van der Waals surface area (Å²) in [6.07, 6.45) is 7.05. The normalized spacial score (nSPS) is 14.2. The number of rotatable bonds is 4. The maximum atomic E-state index is 12.3. The summed E-state index contributed by atoms with van der Waals surface area (Å²) >= 11 is 2.65. The number of thiophene rings is 1. The molecule has 0 saturated carbocycles. The molecule has 0 atom stereocenters. The molecule has 140 valence electrons. The summed E-state index contributed by atoms with van der Waals surface area (Å²) in [5.74, 6) is -0.593. The maximum Gasteiger partial charge on any atom is 0.307 e. The number of carbonyl (C=O) groups is 2. The second-order valence-corrected chi connectivity index (χ2v) is 8.48. The summed E-state index contributed by atoms with van der Waals surface area (Å²) < 4.78 is 1.56. The lowest BCUT2D eigenvalue weighted by Crippen LogP contribution is -2.41. The molecule has 0 fully saturated rings. The highest BCUT2D eigenvalue weighted by molar-refractivity contribution is 7.14. The van der Waals surface area contributed by atoms with E-state index in [9.17, 15) is 14.4 Å². The molecule has 0 spiro atoms. The summed E-state index contributed by atoms with van der Waals surface area (Å²) in [7, 11) is 0. The van der Waals surface area contributed by atoms with Crippen LogP contribution in [-0.2, 0) is 24.2 Å². The Bertz CT molecular complexity index is 825. The lowest BCUT2D eigenvalue weighted by Gasteiger charge is -2.07. The number of carbonyl (C=O) groups excluding carboxylic acids is 2. The van der Waals surface area contributed by atoms with Crippen molar-refractivity contribution in [2.24, 2.45) is 0 Å². The second-order valence-electron chi connectivity index (χ2n) is 6.52. The van der Waals surface area contributed by atoms with Crippen molar-refractivity contribution in [2.75, 3.05) is 0 Å². The Labute approximate surface area is 160 Å². The molecule has 0 bridgehead atoms. The number of hydrogen-bond donors (Lipinski definition) is 2. The van der Waals surface area contributed by atoms with Gasteiger partial charge in [0.2, 0.25) is 5.91 Å². The van der Waals surface area contributed by atoms with Crippen LogP contribution in [0.15, 0.2) is 16.2 Å². The van der Waals surface area contributed by atoms with Gasteiger partial charge in [-0.2, -0.15) is 0 Å². The van der Waals surface area contributed by atoms with Crippen LogP contribution >= 0.6 is 22.7 Å². The molecule has 8 heteroatoms. The van der Waals surface area contributed by atoms with Crippen molar-refractivity contribution in [2.45, 2.75) is 58.4 Å². The van der Waals surface area contributed by atoms with Crippen LogP contribution in [0.2, 0.25) is 0 Å². The van der Waals surface area contributed by atoms with Gasteiger partial charge in [-0.25, -0.2) is 0 Å². The number of aryl methyl sites for hydroxylation is 3. The molecule has 2 aromatic heterocycles.